The number of nitrogens with one attached hydrogen (secondary N) is 2. The van der Waals surface area contributed by atoms with E-state index in [1.54, 1.807) is 52.0 Å². The van der Waals surface area contributed by atoms with E-state index in [1.165, 1.54) is 0 Å². The van der Waals surface area contributed by atoms with E-state index in [0.29, 0.717) is 6.42 Å². The maximum absolute atomic E-state index is 12.9. The van der Waals surface area contributed by atoms with Gasteiger partial charge in [-0.05, 0) is 45.6 Å². The highest BCUT2D eigenvalue weighted by Crippen LogP contribution is 2.31. The van der Waals surface area contributed by atoms with Gasteiger partial charge in [0.05, 0.1) is 13.2 Å². The lowest BCUT2D eigenvalue weighted by atomic mass is 10.0. The van der Waals surface area contributed by atoms with Crippen molar-refractivity contribution in [1.29, 1.82) is 0 Å². The molecule has 11 nitrogen and oxygen atoms in total. The third kappa shape index (κ3) is 9.40. The van der Waals surface area contributed by atoms with E-state index in [4.69, 9.17) is 14.2 Å². The first kappa shape index (κ1) is 29.6. The van der Waals surface area contributed by atoms with Crippen molar-refractivity contribution in [1.82, 2.24) is 15.5 Å². The molecule has 0 saturated carbocycles. The predicted molar refractivity (Wildman–Crippen MR) is 133 cm³/mol. The van der Waals surface area contributed by atoms with E-state index in [0.717, 1.165) is 10.5 Å². The van der Waals surface area contributed by atoms with Crippen LogP contribution in [0.2, 0.25) is 0 Å². The van der Waals surface area contributed by atoms with Crippen LogP contribution >= 0.6 is 0 Å². The highest BCUT2D eigenvalue weighted by atomic mass is 16.6. The molecule has 2 rings (SSSR count). The molecule has 0 unspecified atom stereocenters. The van der Waals surface area contributed by atoms with Crippen LogP contribution in [-0.2, 0) is 40.0 Å². The Hall–Kier alpha value is -3.63. The zero-order chi connectivity index (χ0) is 27.8. The molecule has 3 amide bonds. The number of nitrogens with zero attached hydrogens (tertiary/aromatic N) is 1. The third-order valence-corrected chi connectivity index (χ3v) is 5.22. The highest BCUT2D eigenvalue weighted by molar-refractivity contribution is 6.02. The van der Waals surface area contributed by atoms with Crippen LogP contribution in [-0.4, -0.2) is 71.6 Å². The number of esters is 2. The van der Waals surface area contributed by atoms with Crippen molar-refractivity contribution in [3.63, 3.8) is 0 Å². The van der Waals surface area contributed by atoms with Gasteiger partial charge in [0, 0.05) is 0 Å². The third-order valence-electron chi connectivity index (χ3n) is 5.22. The van der Waals surface area contributed by atoms with Gasteiger partial charge < -0.3 is 29.7 Å². The molecule has 1 aliphatic heterocycles. The lowest BCUT2D eigenvalue weighted by Gasteiger charge is -2.24. The summed E-state index contributed by atoms with van der Waals surface area (Å²) in [5.74, 6) is -2.66. The highest BCUT2D eigenvalue weighted by Gasteiger charge is 2.61. The van der Waals surface area contributed by atoms with Gasteiger partial charge in [0.2, 0.25) is 11.8 Å². The fourth-order valence-corrected chi connectivity index (χ4v) is 3.60. The number of carbonyl (C=O) groups is 5. The molecule has 0 bridgehead atoms. The monoisotopic (exact) mass is 519 g/mol. The van der Waals surface area contributed by atoms with Crippen LogP contribution < -0.4 is 10.6 Å². The predicted octanol–water partition coefficient (Wildman–Crippen LogP) is 1.93. The second kappa shape index (κ2) is 13.1. The molecule has 0 radical (unpaired) electrons. The van der Waals surface area contributed by atoms with E-state index in [2.05, 4.69) is 10.6 Å². The number of alkyl carbamates (subject to hydrolysis) is 1. The van der Waals surface area contributed by atoms with Crippen LogP contribution in [0.25, 0.3) is 0 Å². The molecule has 0 aliphatic carbocycles. The Morgan fingerprint density at radius 2 is 1.57 bits per heavy atom. The minimum absolute atomic E-state index is 0.0162. The summed E-state index contributed by atoms with van der Waals surface area (Å²) < 4.78 is 15.5. The molecule has 1 aromatic carbocycles. The van der Waals surface area contributed by atoms with Crippen molar-refractivity contribution in [3.05, 3.63) is 35.9 Å². The number of amides is 3. The van der Waals surface area contributed by atoms with Crippen LogP contribution in [0.4, 0.5) is 4.79 Å². The van der Waals surface area contributed by atoms with E-state index in [1.807, 2.05) is 19.9 Å². The van der Waals surface area contributed by atoms with Gasteiger partial charge in [-0.3, -0.25) is 9.59 Å². The van der Waals surface area contributed by atoms with Gasteiger partial charge in [-0.25, -0.2) is 14.4 Å². The lowest BCUT2D eigenvalue weighted by Crippen LogP contribution is -2.50. The molecule has 1 aromatic rings. The first-order valence-corrected chi connectivity index (χ1v) is 12.3. The summed E-state index contributed by atoms with van der Waals surface area (Å²) in [5.41, 5.74) is 0.00715. The molecule has 2 N–H and O–H groups in total. The summed E-state index contributed by atoms with van der Waals surface area (Å²) >= 11 is 0. The van der Waals surface area contributed by atoms with Crippen LogP contribution in [0, 0.1) is 5.92 Å². The first-order valence-electron chi connectivity index (χ1n) is 12.3. The van der Waals surface area contributed by atoms with Crippen LogP contribution in [0.1, 0.15) is 53.5 Å². The minimum atomic E-state index is -1.14. The quantitative estimate of drug-likeness (QED) is 0.257. The van der Waals surface area contributed by atoms with Crippen LogP contribution in [0.15, 0.2) is 30.3 Å². The normalized spacial score (nSPS) is 17.4. The second-order valence-electron chi connectivity index (χ2n) is 10.1. The molecule has 204 valence electrons. The Morgan fingerprint density at radius 3 is 2.11 bits per heavy atom. The average molecular weight is 520 g/mol. The molecule has 1 saturated heterocycles. The van der Waals surface area contributed by atoms with Crippen molar-refractivity contribution in [2.75, 3.05) is 13.2 Å². The lowest BCUT2D eigenvalue weighted by molar-refractivity contribution is -0.148. The molecular formula is C26H37N3O8. The Morgan fingerprint density at radius 1 is 0.973 bits per heavy atom. The summed E-state index contributed by atoms with van der Waals surface area (Å²) in [6, 6.07) is 5.77. The minimum Gasteiger partial charge on any atom is -0.464 e. The molecule has 1 heterocycles. The first-order chi connectivity index (χ1) is 17.3. The van der Waals surface area contributed by atoms with Gasteiger partial charge in [0.1, 0.15) is 18.2 Å². The maximum atomic E-state index is 12.9. The smallest absolute Gasteiger partial charge is 0.408 e. The number of hydrogen-bond donors (Lipinski definition) is 2. The molecule has 37 heavy (non-hydrogen) atoms. The van der Waals surface area contributed by atoms with Gasteiger partial charge in [0.15, 0.2) is 12.1 Å². The average Bonchev–Trinajstić information content (AvgIpc) is 3.56. The summed E-state index contributed by atoms with van der Waals surface area (Å²) in [7, 11) is 0. The molecular weight excluding hydrogens is 482 g/mol. The Kier molecular flexibility index (Phi) is 10.5. The fourth-order valence-electron chi connectivity index (χ4n) is 3.60. The van der Waals surface area contributed by atoms with Crippen molar-refractivity contribution >= 4 is 29.8 Å². The van der Waals surface area contributed by atoms with E-state index in [-0.39, 0.29) is 19.1 Å². The SMILES string of the molecule is CCOC(=O)[C@H]1[C@@H](C(=O)OCc2ccccc2)N1C(=O)CNC(=O)[C@@H](CC(C)C)NC(=O)OC(C)(C)C. The van der Waals surface area contributed by atoms with Gasteiger partial charge in [-0.2, -0.15) is 0 Å². The van der Waals surface area contributed by atoms with Crippen molar-refractivity contribution in [2.24, 2.45) is 5.92 Å². The molecule has 0 aromatic heterocycles. The van der Waals surface area contributed by atoms with Gasteiger partial charge in [-0.15, -0.1) is 0 Å². The molecule has 0 spiro atoms. The summed E-state index contributed by atoms with van der Waals surface area (Å²) in [6.45, 7) is 10.1. The van der Waals surface area contributed by atoms with E-state index >= 15 is 0 Å². The summed E-state index contributed by atoms with van der Waals surface area (Å²) in [4.78, 5) is 63.8. The van der Waals surface area contributed by atoms with E-state index in [9.17, 15) is 24.0 Å². The zero-order valence-electron chi connectivity index (χ0n) is 22.2. The molecule has 11 heteroatoms. The Bertz CT molecular complexity index is 974. The van der Waals surface area contributed by atoms with Crippen LogP contribution in [0.3, 0.4) is 0 Å². The number of rotatable bonds is 11. The number of hydrogen-bond acceptors (Lipinski definition) is 8. The summed E-state index contributed by atoms with van der Waals surface area (Å²) in [6.07, 6.45) is -0.447. The van der Waals surface area contributed by atoms with Crippen LogP contribution in [0.5, 0.6) is 0 Å². The fraction of sp³-hybridized carbons (Fsp3) is 0.577. The maximum Gasteiger partial charge on any atom is 0.408 e. The standard InChI is InChI=1S/C26H37N3O8/c1-7-35-23(32)20-21(24(33)36-15-17-11-9-8-10-12-17)29(20)19(30)14-27-22(31)18(13-16(2)3)28-25(34)37-26(4,5)6/h8-12,16,18,20-21H,7,13-15H2,1-6H3,(H,27,31)(H,28,34)/t18-,20-,21+,29?/m1/s1. The zero-order valence-corrected chi connectivity index (χ0v) is 22.2. The molecule has 1 aliphatic rings. The summed E-state index contributed by atoms with van der Waals surface area (Å²) in [5, 5.41) is 5.01. The molecule has 1 fully saturated rings. The van der Waals surface area contributed by atoms with Crippen molar-refractivity contribution < 1.29 is 38.2 Å². The second-order valence-corrected chi connectivity index (χ2v) is 10.1. The number of benzene rings is 1. The van der Waals surface area contributed by atoms with Crippen molar-refractivity contribution in [3.8, 4) is 0 Å². The Labute approximate surface area is 217 Å². The van der Waals surface area contributed by atoms with Gasteiger partial charge in [-0.1, -0.05) is 44.2 Å². The van der Waals surface area contributed by atoms with Gasteiger partial charge in [0.25, 0.3) is 0 Å². The molecule has 3 atom stereocenters. The largest absolute Gasteiger partial charge is 0.464 e. The number of ether oxygens (including phenoxy) is 3. The topological polar surface area (TPSA) is 140 Å². The van der Waals surface area contributed by atoms with Gasteiger partial charge >= 0.3 is 18.0 Å². The number of carbonyl (C=O) groups excluding carboxylic acids is 5. The van der Waals surface area contributed by atoms with E-state index < -0.39 is 60.1 Å². The van der Waals surface area contributed by atoms with Crippen molar-refractivity contribution in [2.45, 2.75) is 78.3 Å². The Balaban J connectivity index is 2.00.